The molecular formula is C15H13F3O. The van der Waals surface area contributed by atoms with Crippen molar-refractivity contribution in [3.63, 3.8) is 0 Å². The Hall–Kier alpha value is -1.55. The van der Waals surface area contributed by atoms with Crippen LogP contribution in [0.5, 0.6) is 0 Å². The predicted octanol–water partition coefficient (Wildman–Crippen LogP) is 3.58. The molecule has 0 bridgehead atoms. The van der Waals surface area contributed by atoms with Crippen LogP contribution in [0.25, 0.3) is 0 Å². The van der Waals surface area contributed by atoms with Crippen molar-refractivity contribution < 1.29 is 18.3 Å². The van der Waals surface area contributed by atoms with Crippen molar-refractivity contribution in [1.82, 2.24) is 0 Å². The number of aliphatic hydroxyl groups is 1. The monoisotopic (exact) mass is 266 g/mol. The minimum absolute atomic E-state index is 0.00815. The molecule has 3 unspecified atom stereocenters. The predicted molar refractivity (Wildman–Crippen MR) is 65.6 cm³/mol. The summed E-state index contributed by atoms with van der Waals surface area (Å²) in [5, 5.41) is 10.4. The summed E-state index contributed by atoms with van der Waals surface area (Å²) in [4.78, 5) is 0. The molecule has 0 spiro atoms. The van der Waals surface area contributed by atoms with Crippen LogP contribution < -0.4 is 0 Å². The third kappa shape index (κ3) is 1.53. The summed E-state index contributed by atoms with van der Waals surface area (Å²) in [5.41, 5.74) is -1.52. The zero-order chi connectivity index (χ0) is 13.8. The number of fused-ring (bicyclic) bond motifs is 3. The molecule has 1 aromatic rings. The summed E-state index contributed by atoms with van der Waals surface area (Å²) in [5.74, 6) is -1.39. The fraction of sp³-hybridized carbons (Fsp3) is 0.333. The molecule has 3 rings (SSSR count). The molecule has 1 aromatic carbocycles. The molecule has 100 valence electrons. The summed E-state index contributed by atoms with van der Waals surface area (Å²) >= 11 is 0. The van der Waals surface area contributed by atoms with Gasteiger partial charge in [-0.2, -0.15) is 13.2 Å². The van der Waals surface area contributed by atoms with Crippen molar-refractivity contribution in [1.29, 1.82) is 0 Å². The Bertz CT molecular complexity index is 586. The summed E-state index contributed by atoms with van der Waals surface area (Å²) in [6, 6.07) is 4.92. The molecule has 1 nitrogen and oxygen atoms in total. The van der Waals surface area contributed by atoms with Crippen molar-refractivity contribution in [2.75, 3.05) is 0 Å². The number of hydrogen-bond donors (Lipinski definition) is 1. The molecule has 0 fully saturated rings. The largest absolute Gasteiger partial charge is 0.422 e. The fourth-order valence-electron chi connectivity index (χ4n) is 3.12. The molecule has 0 aromatic heterocycles. The maximum absolute atomic E-state index is 13.4. The fourth-order valence-corrected chi connectivity index (χ4v) is 3.12. The van der Waals surface area contributed by atoms with Gasteiger partial charge in [-0.05, 0) is 18.1 Å². The van der Waals surface area contributed by atoms with Crippen LogP contribution in [-0.4, -0.2) is 11.3 Å². The van der Waals surface area contributed by atoms with Crippen molar-refractivity contribution in [3.05, 3.63) is 59.2 Å². The summed E-state index contributed by atoms with van der Waals surface area (Å²) in [6.45, 7) is 1.73. The van der Waals surface area contributed by atoms with Gasteiger partial charge in [-0.15, -0.1) is 0 Å². The lowest BCUT2D eigenvalue weighted by Gasteiger charge is -2.33. The molecule has 0 radical (unpaired) electrons. The minimum Gasteiger partial charge on any atom is -0.376 e. The van der Waals surface area contributed by atoms with E-state index in [-0.39, 0.29) is 5.56 Å². The maximum Gasteiger partial charge on any atom is 0.422 e. The van der Waals surface area contributed by atoms with Crippen LogP contribution in [0.15, 0.2) is 42.5 Å². The minimum atomic E-state index is -4.69. The number of allylic oxidation sites excluding steroid dienone is 3. The summed E-state index contributed by atoms with van der Waals surface area (Å²) in [6.07, 6.45) is 1.78. The number of benzene rings is 1. The van der Waals surface area contributed by atoms with Gasteiger partial charge in [0.05, 0.1) is 0 Å². The van der Waals surface area contributed by atoms with Crippen LogP contribution in [-0.2, 0) is 5.60 Å². The van der Waals surface area contributed by atoms with Gasteiger partial charge in [0.25, 0.3) is 0 Å². The topological polar surface area (TPSA) is 20.2 Å². The first kappa shape index (κ1) is 12.5. The summed E-state index contributed by atoms with van der Waals surface area (Å²) < 4.78 is 40.3. The van der Waals surface area contributed by atoms with Gasteiger partial charge in [0.2, 0.25) is 0 Å². The van der Waals surface area contributed by atoms with E-state index in [2.05, 4.69) is 0 Å². The molecular weight excluding hydrogens is 253 g/mol. The second-order valence-electron chi connectivity index (χ2n) is 5.18. The molecule has 0 amide bonds. The average molecular weight is 266 g/mol. The molecule has 0 heterocycles. The number of halogens is 3. The lowest BCUT2D eigenvalue weighted by atomic mass is 9.80. The van der Waals surface area contributed by atoms with E-state index in [4.69, 9.17) is 0 Å². The Morgan fingerprint density at radius 1 is 1.16 bits per heavy atom. The van der Waals surface area contributed by atoms with Gasteiger partial charge in [0, 0.05) is 11.8 Å². The van der Waals surface area contributed by atoms with E-state index in [1.807, 2.05) is 0 Å². The third-order valence-electron chi connectivity index (χ3n) is 4.03. The molecule has 0 aliphatic heterocycles. The Morgan fingerprint density at radius 2 is 1.84 bits per heavy atom. The van der Waals surface area contributed by atoms with Gasteiger partial charge in [0.15, 0.2) is 5.60 Å². The molecule has 1 N–H and O–H groups in total. The van der Waals surface area contributed by atoms with Crippen molar-refractivity contribution in [3.8, 4) is 0 Å². The Labute approximate surface area is 109 Å². The van der Waals surface area contributed by atoms with E-state index in [9.17, 15) is 18.3 Å². The zero-order valence-corrected chi connectivity index (χ0v) is 10.3. The Kier molecular flexibility index (Phi) is 2.45. The van der Waals surface area contributed by atoms with E-state index < -0.39 is 23.6 Å². The van der Waals surface area contributed by atoms with Crippen LogP contribution in [0.2, 0.25) is 0 Å². The van der Waals surface area contributed by atoms with Crippen LogP contribution in [0.3, 0.4) is 0 Å². The van der Waals surface area contributed by atoms with Gasteiger partial charge < -0.3 is 5.11 Å². The number of rotatable bonds is 0. The normalized spacial score (nSPS) is 32.3. The quantitative estimate of drug-likeness (QED) is 0.761. The van der Waals surface area contributed by atoms with Crippen molar-refractivity contribution >= 4 is 0 Å². The molecule has 0 saturated carbocycles. The molecule has 4 heteroatoms. The lowest BCUT2D eigenvalue weighted by molar-refractivity contribution is -0.278. The zero-order valence-electron chi connectivity index (χ0n) is 10.3. The highest BCUT2D eigenvalue weighted by Crippen LogP contribution is 2.58. The van der Waals surface area contributed by atoms with Crippen LogP contribution in [0.1, 0.15) is 22.6 Å². The molecule has 2 aliphatic rings. The van der Waals surface area contributed by atoms with E-state index in [1.54, 1.807) is 37.3 Å². The highest BCUT2D eigenvalue weighted by atomic mass is 19.4. The van der Waals surface area contributed by atoms with Crippen LogP contribution >= 0.6 is 0 Å². The Morgan fingerprint density at radius 3 is 2.53 bits per heavy atom. The SMILES string of the molecule is Cc1ccc2c(c1)C(O)(C(F)(F)F)C1C=CC=CC21. The first-order valence-electron chi connectivity index (χ1n) is 6.11. The van der Waals surface area contributed by atoms with Gasteiger partial charge in [-0.3, -0.25) is 0 Å². The average Bonchev–Trinajstić information content (AvgIpc) is 2.61. The highest BCUT2D eigenvalue weighted by Gasteiger charge is 2.65. The first-order chi connectivity index (χ1) is 8.85. The van der Waals surface area contributed by atoms with E-state index in [1.165, 1.54) is 12.1 Å². The van der Waals surface area contributed by atoms with Crippen molar-refractivity contribution in [2.24, 2.45) is 5.92 Å². The van der Waals surface area contributed by atoms with Gasteiger partial charge in [-0.25, -0.2) is 0 Å². The molecule has 2 aliphatic carbocycles. The number of hydrogen-bond acceptors (Lipinski definition) is 1. The van der Waals surface area contributed by atoms with Crippen LogP contribution in [0.4, 0.5) is 13.2 Å². The molecule has 0 saturated heterocycles. The third-order valence-corrected chi connectivity index (χ3v) is 4.03. The smallest absolute Gasteiger partial charge is 0.376 e. The number of alkyl halides is 3. The van der Waals surface area contributed by atoms with Crippen molar-refractivity contribution in [2.45, 2.75) is 24.6 Å². The number of aryl methyl sites for hydroxylation is 1. The molecule has 3 atom stereocenters. The second-order valence-corrected chi connectivity index (χ2v) is 5.18. The standard InChI is InChI=1S/C15H13F3O/c1-9-6-7-11-10-4-2-3-5-12(10)14(19,13(11)8-9)15(16,17)18/h2-8,10,12,19H,1H3. The maximum atomic E-state index is 13.4. The van der Waals surface area contributed by atoms with Gasteiger partial charge in [-0.1, -0.05) is 48.1 Å². The highest BCUT2D eigenvalue weighted by molar-refractivity contribution is 5.50. The van der Waals surface area contributed by atoms with Gasteiger partial charge >= 0.3 is 6.18 Å². The van der Waals surface area contributed by atoms with E-state index in [0.717, 1.165) is 0 Å². The second kappa shape index (κ2) is 3.73. The van der Waals surface area contributed by atoms with E-state index >= 15 is 0 Å². The van der Waals surface area contributed by atoms with Crippen LogP contribution in [0, 0.1) is 12.8 Å². The molecule has 19 heavy (non-hydrogen) atoms. The van der Waals surface area contributed by atoms with Gasteiger partial charge in [0.1, 0.15) is 0 Å². The lowest BCUT2D eigenvalue weighted by Crippen LogP contribution is -2.46. The first-order valence-corrected chi connectivity index (χ1v) is 6.11. The van der Waals surface area contributed by atoms with E-state index in [0.29, 0.717) is 11.1 Å². The Balaban J connectivity index is 2.28. The summed E-state index contributed by atoms with van der Waals surface area (Å²) in [7, 11) is 0.